The second-order valence-corrected chi connectivity index (χ2v) is 7.30. The van der Waals surface area contributed by atoms with Crippen LogP contribution in [0.15, 0.2) is 29.4 Å². The molecule has 0 aliphatic carbocycles. The maximum atomic E-state index is 11.2. The van der Waals surface area contributed by atoms with Crippen LogP contribution < -0.4 is 15.8 Å². The molecule has 0 amide bonds. The van der Waals surface area contributed by atoms with Crippen molar-refractivity contribution in [2.75, 3.05) is 12.8 Å². The van der Waals surface area contributed by atoms with E-state index >= 15 is 0 Å². The maximum absolute atomic E-state index is 11.2. The van der Waals surface area contributed by atoms with E-state index in [0.29, 0.717) is 18.7 Å². The molecule has 8 heteroatoms. The van der Waals surface area contributed by atoms with E-state index in [1.807, 2.05) is 12.1 Å². The number of amidine groups is 1. The molecule has 0 saturated heterocycles. The number of sulfonamides is 1. The Morgan fingerprint density at radius 2 is 2.10 bits per heavy atom. The molecule has 0 heterocycles. The highest BCUT2D eigenvalue weighted by Gasteiger charge is 2.21. The van der Waals surface area contributed by atoms with E-state index in [9.17, 15) is 8.42 Å². The summed E-state index contributed by atoms with van der Waals surface area (Å²) < 4.78 is 25.0. The van der Waals surface area contributed by atoms with Crippen LogP contribution >= 0.6 is 0 Å². The maximum Gasteiger partial charge on any atom is 0.209 e. The zero-order valence-corrected chi connectivity index (χ0v) is 13.2. The van der Waals surface area contributed by atoms with Crippen LogP contribution in [0.3, 0.4) is 0 Å². The van der Waals surface area contributed by atoms with Crippen molar-refractivity contribution in [3.8, 4) is 0 Å². The Balaban J connectivity index is 2.60. The minimum atomic E-state index is -3.25. The zero-order chi connectivity index (χ0) is 16.1. The standard InChI is InChI=1S/C13H22N4O3S/c1-13(2,17-21(3,19)20)9-15-8-10-5-4-6-11(7-10)12(14)16-18/h4-7,15,17-18H,8-9H2,1-3H3,(H2,14,16). The van der Waals surface area contributed by atoms with Gasteiger partial charge in [-0.3, -0.25) is 0 Å². The molecule has 1 aromatic rings. The van der Waals surface area contributed by atoms with E-state index in [2.05, 4.69) is 15.2 Å². The fraction of sp³-hybridized carbons (Fsp3) is 0.462. The molecule has 0 aliphatic heterocycles. The number of nitrogens with zero attached hydrogens (tertiary/aromatic N) is 1. The lowest BCUT2D eigenvalue weighted by molar-refractivity contribution is 0.318. The normalized spacial score (nSPS) is 13.4. The summed E-state index contributed by atoms with van der Waals surface area (Å²) in [5, 5.41) is 14.8. The Bertz CT molecular complexity index is 612. The third-order valence-corrected chi connectivity index (χ3v) is 3.61. The molecule has 0 bridgehead atoms. The Morgan fingerprint density at radius 1 is 1.43 bits per heavy atom. The first-order valence-electron chi connectivity index (χ1n) is 6.39. The first-order chi connectivity index (χ1) is 9.63. The van der Waals surface area contributed by atoms with E-state index in [-0.39, 0.29) is 5.84 Å². The molecular formula is C13H22N4O3S. The Kier molecular flexibility index (Phi) is 5.70. The van der Waals surface area contributed by atoms with Crippen LogP contribution in [0, 0.1) is 0 Å². The molecular weight excluding hydrogens is 292 g/mol. The molecule has 0 spiro atoms. The minimum Gasteiger partial charge on any atom is -0.409 e. The number of benzene rings is 1. The van der Waals surface area contributed by atoms with Gasteiger partial charge >= 0.3 is 0 Å². The summed E-state index contributed by atoms with van der Waals surface area (Å²) in [7, 11) is -3.25. The van der Waals surface area contributed by atoms with Crippen molar-refractivity contribution in [3.63, 3.8) is 0 Å². The molecule has 5 N–H and O–H groups in total. The van der Waals surface area contributed by atoms with Crippen LogP contribution in [0.2, 0.25) is 0 Å². The highest BCUT2D eigenvalue weighted by atomic mass is 32.2. The summed E-state index contributed by atoms with van der Waals surface area (Å²) in [6.07, 6.45) is 1.13. The van der Waals surface area contributed by atoms with Gasteiger partial charge in [-0.05, 0) is 25.5 Å². The number of nitrogens with one attached hydrogen (secondary N) is 2. The van der Waals surface area contributed by atoms with Crippen LogP contribution in [-0.4, -0.2) is 37.8 Å². The van der Waals surface area contributed by atoms with Crippen LogP contribution in [-0.2, 0) is 16.6 Å². The van der Waals surface area contributed by atoms with Gasteiger partial charge in [0.1, 0.15) is 0 Å². The number of rotatable bonds is 7. The van der Waals surface area contributed by atoms with Crippen LogP contribution in [0.5, 0.6) is 0 Å². The third kappa shape index (κ3) is 6.56. The summed E-state index contributed by atoms with van der Waals surface area (Å²) in [5.74, 6) is 0.0518. The van der Waals surface area contributed by atoms with Gasteiger partial charge in [0.25, 0.3) is 0 Å². The second-order valence-electron chi connectivity index (χ2n) is 5.55. The van der Waals surface area contributed by atoms with E-state index in [1.165, 1.54) is 0 Å². The molecule has 0 unspecified atom stereocenters. The van der Waals surface area contributed by atoms with Gasteiger partial charge in [-0.1, -0.05) is 23.4 Å². The van der Waals surface area contributed by atoms with Crippen LogP contribution in [0.25, 0.3) is 0 Å². The average Bonchev–Trinajstić information content (AvgIpc) is 2.35. The Morgan fingerprint density at radius 3 is 2.67 bits per heavy atom. The number of oxime groups is 1. The van der Waals surface area contributed by atoms with Crippen molar-refractivity contribution < 1.29 is 13.6 Å². The SMILES string of the molecule is CC(C)(CNCc1cccc(C(N)=NO)c1)NS(C)(=O)=O. The largest absolute Gasteiger partial charge is 0.409 e. The van der Waals surface area contributed by atoms with E-state index < -0.39 is 15.6 Å². The van der Waals surface area contributed by atoms with Crippen LogP contribution in [0.1, 0.15) is 25.0 Å². The van der Waals surface area contributed by atoms with Gasteiger partial charge in [-0.25, -0.2) is 13.1 Å². The Hall–Kier alpha value is -1.64. The van der Waals surface area contributed by atoms with Gasteiger partial charge in [-0.2, -0.15) is 0 Å². The van der Waals surface area contributed by atoms with Gasteiger partial charge in [0, 0.05) is 24.2 Å². The van der Waals surface area contributed by atoms with Gasteiger partial charge in [0.2, 0.25) is 10.0 Å². The molecule has 1 rings (SSSR count). The smallest absolute Gasteiger partial charge is 0.209 e. The lowest BCUT2D eigenvalue weighted by Crippen LogP contribution is -2.49. The average molecular weight is 314 g/mol. The van der Waals surface area contributed by atoms with Crippen molar-refractivity contribution in [2.24, 2.45) is 10.9 Å². The summed E-state index contributed by atoms with van der Waals surface area (Å²) in [6, 6.07) is 7.26. The second kappa shape index (κ2) is 6.88. The third-order valence-electron chi connectivity index (χ3n) is 2.69. The number of hydrogen-bond donors (Lipinski definition) is 4. The molecule has 0 fully saturated rings. The van der Waals surface area contributed by atoms with Gasteiger partial charge < -0.3 is 16.3 Å². The number of nitrogens with two attached hydrogens (primary N) is 1. The molecule has 7 nitrogen and oxygen atoms in total. The molecule has 0 atom stereocenters. The van der Waals surface area contributed by atoms with Crippen molar-refractivity contribution in [1.29, 1.82) is 0 Å². The molecule has 0 saturated carbocycles. The summed E-state index contributed by atoms with van der Waals surface area (Å²) in [6.45, 7) is 4.61. The lowest BCUT2D eigenvalue weighted by Gasteiger charge is -2.25. The molecule has 0 aliphatic rings. The van der Waals surface area contributed by atoms with Gasteiger partial charge in [0.05, 0.1) is 6.26 Å². The van der Waals surface area contributed by atoms with Crippen molar-refractivity contribution in [2.45, 2.75) is 25.9 Å². The molecule has 0 radical (unpaired) electrons. The fourth-order valence-corrected chi connectivity index (χ4v) is 3.03. The predicted octanol–water partition coefficient (Wildman–Crippen LogP) is 0.199. The molecule has 21 heavy (non-hydrogen) atoms. The zero-order valence-electron chi connectivity index (χ0n) is 12.4. The summed E-state index contributed by atoms with van der Waals surface area (Å²) in [5.41, 5.74) is 6.53. The quantitative estimate of drug-likeness (QED) is 0.248. The van der Waals surface area contributed by atoms with Gasteiger partial charge in [-0.15, -0.1) is 0 Å². The summed E-state index contributed by atoms with van der Waals surface area (Å²) in [4.78, 5) is 0. The predicted molar refractivity (Wildman–Crippen MR) is 82.7 cm³/mol. The molecule has 118 valence electrons. The first-order valence-corrected chi connectivity index (χ1v) is 8.28. The highest BCUT2D eigenvalue weighted by molar-refractivity contribution is 7.88. The minimum absolute atomic E-state index is 0.0518. The van der Waals surface area contributed by atoms with Crippen molar-refractivity contribution in [3.05, 3.63) is 35.4 Å². The number of hydrogen-bond acceptors (Lipinski definition) is 5. The van der Waals surface area contributed by atoms with Crippen molar-refractivity contribution >= 4 is 15.9 Å². The topological polar surface area (TPSA) is 117 Å². The van der Waals surface area contributed by atoms with E-state index in [1.54, 1.807) is 26.0 Å². The first kappa shape index (κ1) is 17.4. The van der Waals surface area contributed by atoms with Crippen LogP contribution in [0.4, 0.5) is 0 Å². The highest BCUT2D eigenvalue weighted by Crippen LogP contribution is 2.06. The van der Waals surface area contributed by atoms with Gasteiger partial charge in [0.15, 0.2) is 5.84 Å². The summed E-state index contributed by atoms with van der Waals surface area (Å²) >= 11 is 0. The lowest BCUT2D eigenvalue weighted by atomic mass is 10.1. The monoisotopic (exact) mass is 314 g/mol. The molecule has 0 aromatic heterocycles. The van der Waals surface area contributed by atoms with E-state index in [4.69, 9.17) is 10.9 Å². The van der Waals surface area contributed by atoms with Crippen molar-refractivity contribution in [1.82, 2.24) is 10.0 Å². The Labute approximate surface area is 125 Å². The fourth-order valence-electron chi connectivity index (χ4n) is 1.96. The molecule has 1 aromatic carbocycles. The van der Waals surface area contributed by atoms with E-state index in [0.717, 1.165) is 11.8 Å².